The molecule has 122 valence electrons. The summed E-state index contributed by atoms with van der Waals surface area (Å²) >= 11 is 5.81. The molecule has 3 N–H and O–H groups in total. The van der Waals surface area contributed by atoms with Crippen LogP contribution in [0.25, 0.3) is 0 Å². The van der Waals surface area contributed by atoms with Crippen molar-refractivity contribution in [2.24, 2.45) is 0 Å². The minimum Gasteiger partial charge on any atom is -0.492 e. The number of ether oxygens (including phenoxy) is 2. The molecule has 1 heterocycles. The van der Waals surface area contributed by atoms with E-state index in [0.29, 0.717) is 16.5 Å². The van der Waals surface area contributed by atoms with Gasteiger partial charge in [0.15, 0.2) is 0 Å². The Hall–Kier alpha value is -3.19. The van der Waals surface area contributed by atoms with Gasteiger partial charge in [-0.05, 0) is 48.5 Å². The Balaban J connectivity index is 1.76. The number of H-pyrrole nitrogens is 2. The number of hydrogen-bond acceptors (Lipinski definition) is 5. The molecule has 0 atom stereocenters. The van der Waals surface area contributed by atoms with Crippen LogP contribution < -0.4 is 20.7 Å². The van der Waals surface area contributed by atoms with Crippen LogP contribution in [0.15, 0.2) is 58.1 Å². The molecular weight excluding hydrogens is 336 g/mol. The van der Waals surface area contributed by atoms with Crippen molar-refractivity contribution in [3.8, 4) is 28.9 Å². The third-order valence-corrected chi connectivity index (χ3v) is 3.23. The summed E-state index contributed by atoms with van der Waals surface area (Å²) in [5.41, 5.74) is -1.66. The fourth-order valence-corrected chi connectivity index (χ4v) is 2.02. The lowest BCUT2D eigenvalue weighted by molar-refractivity contribution is 0.387. The Bertz CT molecular complexity index is 961. The van der Waals surface area contributed by atoms with E-state index in [9.17, 15) is 14.7 Å². The van der Waals surface area contributed by atoms with Gasteiger partial charge in [-0.25, -0.2) is 4.79 Å². The number of halogens is 1. The first-order valence-electron chi connectivity index (χ1n) is 6.78. The maximum Gasteiger partial charge on any atom is 0.328 e. The van der Waals surface area contributed by atoms with Crippen molar-refractivity contribution in [1.29, 1.82) is 0 Å². The molecule has 8 heteroatoms. The van der Waals surface area contributed by atoms with E-state index in [-0.39, 0.29) is 5.75 Å². The summed E-state index contributed by atoms with van der Waals surface area (Å²) in [5, 5.41) is 10.2. The number of benzene rings is 2. The van der Waals surface area contributed by atoms with Gasteiger partial charge < -0.3 is 14.6 Å². The van der Waals surface area contributed by atoms with Crippen molar-refractivity contribution in [2.75, 3.05) is 0 Å². The van der Waals surface area contributed by atoms with Crippen LogP contribution in [0, 0.1) is 0 Å². The summed E-state index contributed by atoms with van der Waals surface area (Å²) in [4.78, 5) is 26.6. The average molecular weight is 347 g/mol. The van der Waals surface area contributed by atoms with Gasteiger partial charge in [0.1, 0.15) is 17.2 Å². The van der Waals surface area contributed by atoms with Gasteiger partial charge in [-0.1, -0.05) is 11.6 Å². The molecule has 0 unspecified atom stereocenters. The van der Waals surface area contributed by atoms with Crippen LogP contribution in [0.5, 0.6) is 28.9 Å². The summed E-state index contributed by atoms with van der Waals surface area (Å²) in [5.74, 6) is 0.393. The molecule has 2 aromatic carbocycles. The Kier molecular flexibility index (Phi) is 4.26. The second-order valence-electron chi connectivity index (χ2n) is 4.72. The summed E-state index contributed by atoms with van der Waals surface area (Å²) in [6.07, 6.45) is 0. The average Bonchev–Trinajstić information content (AvgIpc) is 2.54. The number of aromatic amines is 2. The van der Waals surface area contributed by atoms with Gasteiger partial charge in [-0.2, -0.15) is 0 Å². The first kappa shape index (κ1) is 15.7. The number of aromatic hydroxyl groups is 1. The first-order chi connectivity index (χ1) is 11.5. The van der Waals surface area contributed by atoms with Crippen LogP contribution >= 0.6 is 11.6 Å². The normalized spacial score (nSPS) is 10.4. The van der Waals surface area contributed by atoms with Gasteiger partial charge in [0.25, 0.3) is 5.75 Å². The fraction of sp³-hybridized carbons (Fsp3) is 0. The van der Waals surface area contributed by atoms with Crippen molar-refractivity contribution >= 4 is 11.6 Å². The number of nitrogens with one attached hydrogen (secondary N) is 2. The van der Waals surface area contributed by atoms with E-state index in [1.807, 2.05) is 9.97 Å². The van der Waals surface area contributed by atoms with Crippen LogP contribution in [-0.2, 0) is 0 Å². The topological polar surface area (TPSA) is 104 Å². The van der Waals surface area contributed by atoms with Gasteiger partial charge in [0, 0.05) is 5.02 Å². The second kappa shape index (κ2) is 6.51. The molecule has 0 amide bonds. The third kappa shape index (κ3) is 3.58. The summed E-state index contributed by atoms with van der Waals surface area (Å²) in [6.45, 7) is 0. The van der Waals surface area contributed by atoms with Crippen LogP contribution in [0.2, 0.25) is 5.02 Å². The highest BCUT2D eigenvalue weighted by atomic mass is 35.5. The number of aromatic nitrogens is 2. The van der Waals surface area contributed by atoms with E-state index in [0.717, 1.165) is 0 Å². The van der Waals surface area contributed by atoms with Crippen LogP contribution in [0.4, 0.5) is 0 Å². The zero-order chi connectivity index (χ0) is 17.1. The Morgan fingerprint density at radius 1 is 0.792 bits per heavy atom. The van der Waals surface area contributed by atoms with E-state index in [1.54, 1.807) is 48.5 Å². The molecule has 0 aliphatic rings. The van der Waals surface area contributed by atoms with E-state index >= 15 is 0 Å². The third-order valence-electron chi connectivity index (χ3n) is 2.97. The van der Waals surface area contributed by atoms with E-state index in [1.165, 1.54) is 0 Å². The van der Waals surface area contributed by atoms with E-state index in [2.05, 4.69) is 0 Å². The molecule has 0 fully saturated rings. The number of rotatable bonds is 4. The van der Waals surface area contributed by atoms with Gasteiger partial charge in [-0.3, -0.25) is 14.8 Å². The fourth-order valence-electron chi connectivity index (χ4n) is 1.89. The van der Waals surface area contributed by atoms with Gasteiger partial charge >= 0.3 is 11.2 Å². The first-order valence-corrected chi connectivity index (χ1v) is 7.16. The maximum absolute atomic E-state index is 11.6. The van der Waals surface area contributed by atoms with Crippen LogP contribution in [0.1, 0.15) is 0 Å². The molecule has 0 aliphatic heterocycles. The molecule has 3 rings (SSSR count). The lowest BCUT2D eigenvalue weighted by Crippen LogP contribution is -2.22. The molecule has 0 bridgehead atoms. The summed E-state index contributed by atoms with van der Waals surface area (Å²) < 4.78 is 10.9. The van der Waals surface area contributed by atoms with Gasteiger partial charge in [0.2, 0.25) is 5.88 Å². The quantitative estimate of drug-likeness (QED) is 0.673. The highest BCUT2D eigenvalue weighted by Gasteiger charge is 2.11. The van der Waals surface area contributed by atoms with Crippen LogP contribution in [-0.4, -0.2) is 15.1 Å². The molecule has 1 aromatic heterocycles. The standard InChI is InChI=1S/C16H11ClN2O5/c17-9-1-3-10(4-2-9)23-11-5-7-12(8-6-11)24-13-14(20)18-16(22)19-15(13)21/h1-8H,(H3,18,19,20,21,22). The highest BCUT2D eigenvalue weighted by Crippen LogP contribution is 2.28. The van der Waals surface area contributed by atoms with Crippen molar-refractivity contribution in [3.05, 3.63) is 74.4 Å². The van der Waals surface area contributed by atoms with Crippen molar-refractivity contribution in [3.63, 3.8) is 0 Å². The molecular formula is C16H11ClN2O5. The minimum atomic E-state index is -0.835. The molecule has 24 heavy (non-hydrogen) atoms. The molecule has 0 saturated heterocycles. The van der Waals surface area contributed by atoms with Crippen molar-refractivity contribution < 1.29 is 14.6 Å². The molecule has 7 nitrogen and oxygen atoms in total. The summed E-state index contributed by atoms with van der Waals surface area (Å²) in [6, 6.07) is 13.2. The molecule has 3 aromatic rings. The monoisotopic (exact) mass is 346 g/mol. The Labute approximate surface area is 140 Å². The maximum atomic E-state index is 11.6. The Morgan fingerprint density at radius 2 is 1.29 bits per heavy atom. The Morgan fingerprint density at radius 3 is 1.83 bits per heavy atom. The van der Waals surface area contributed by atoms with Gasteiger partial charge in [0.05, 0.1) is 0 Å². The smallest absolute Gasteiger partial charge is 0.328 e. The molecule has 0 spiro atoms. The van der Waals surface area contributed by atoms with Crippen molar-refractivity contribution in [2.45, 2.75) is 0 Å². The van der Waals surface area contributed by atoms with Gasteiger partial charge in [-0.15, -0.1) is 0 Å². The number of hydrogen-bond donors (Lipinski definition) is 3. The predicted octanol–water partition coefficient (Wildman–Crippen LogP) is 3.01. The second-order valence-corrected chi connectivity index (χ2v) is 5.15. The summed E-state index contributed by atoms with van der Waals surface area (Å²) in [7, 11) is 0. The minimum absolute atomic E-state index is 0.284. The molecule has 0 aliphatic carbocycles. The van der Waals surface area contributed by atoms with Crippen molar-refractivity contribution in [1.82, 2.24) is 9.97 Å². The van der Waals surface area contributed by atoms with E-state index in [4.69, 9.17) is 21.1 Å². The predicted molar refractivity (Wildman–Crippen MR) is 87.4 cm³/mol. The van der Waals surface area contributed by atoms with E-state index < -0.39 is 22.9 Å². The lowest BCUT2D eigenvalue weighted by atomic mass is 10.3. The van der Waals surface area contributed by atoms with Crippen LogP contribution in [0.3, 0.4) is 0 Å². The SMILES string of the molecule is O=c1[nH]c(O)c(Oc2ccc(Oc3ccc(Cl)cc3)cc2)c(=O)[nH]1. The largest absolute Gasteiger partial charge is 0.492 e. The molecule has 0 saturated carbocycles. The zero-order valence-corrected chi connectivity index (χ0v) is 12.8. The zero-order valence-electron chi connectivity index (χ0n) is 12.1. The highest BCUT2D eigenvalue weighted by molar-refractivity contribution is 6.30. The molecule has 0 radical (unpaired) electrons. The lowest BCUT2D eigenvalue weighted by Gasteiger charge is -2.08.